The monoisotopic (exact) mass is 295 g/mol. The number of hydrogen-bond acceptors (Lipinski definition) is 4. The van der Waals surface area contributed by atoms with Gasteiger partial charge in [-0.05, 0) is 19.4 Å². The van der Waals surface area contributed by atoms with Crippen LogP contribution in [0.4, 0.5) is 5.13 Å². The molecule has 0 amide bonds. The number of nitrogens with zero attached hydrogens (tertiary/aromatic N) is 2. The summed E-state index contributed by atoms with van der Waals surface area (Å²) in [5, 5.41) is 4.70. The van der Waals surface area contributed by atoms with Gasteiger partial charge in [-0.3, -0.25) is 0 Å². The minimum Gasteiger partial charge on any atom is -0.348 e. The van der Waals surface area contributed by atoms with E-state index in [1.165, 1.54) is 54.5 Å². The Balaban J connectivity index is 2.22. The van der Waals surface area contributed by atoms with Crippen LogP contribution in [0, 0.1) is 0 Å². The van der Waals surface area contributed by atoms with Gasteiger partial charge in [0.05, 0.1) is 5.69 Å². The van der Waals surface area contributed by atoms with Crippen LogP contribution in [-0.2, 0) is 12.0 Å². The number of rotatable bonds is 4. The molecule has 1 N–H and O–H groups in total. The van der Waals surface area contributed by atoms with E-state index in [1.54, 1.807) is 0 Å². The summed E-state index contributed by atoms with van der Waals surface area (Å²) in [5.74, 6) is 0. The Hall–Kier alpha value is -0.610. The maximum atomic E-state index is 5.00. The highest BCUT2D eigenvalue weighted by atomic mass is 32.1. The zero-order valence-electron chi connectivity index (χ0n) is 13.5. The average molecular weight is 295 g/mol. The van der Waals surface area contributed by atoms with Gasteiger partial charge in [-0.2, -0.15) is 0 Å². The second-order valence-electron chi connectivity index (χ2n) is 6.70. The minimum absolute atomic E-state index is 0.130. The summed E-state index contributed by atoms with van der Waals surface area (Å²) in [6, 6.07) is 0. The lowest BCUT2D eigenvalue weighted by atomic mass is 9.91. The van der Waals surface area contributed by atoms with Gasteiger partial charge in [0.25, 0.3) is 0 Å². The van der Waals surface area contributed by atoms with Gasteiger partial charge in [-0.15, -0.1) is 11.3 Å². The van der Waals surface area contributed by atoms with Gasteiger partial charge in [-0.25, -0.2) is 4.98 Å². The molecule has 2 rings (SSSR count). The highest BCUT2D eigenvalue weighted by Gasteiger charge is 2.25. The fourth-order valence-electron chi connectivity index (χ4n) is 2.68. The van der Waals surface area contributed by atoms with Gasteiger partial charge in [0.15, 0.2) is 5.13 Å². The molecule has 0 spiro atoms. The second-order valence-corrected chi connectivity index (χ2v) is 7.76. The predicted octanol–water partition coefficient (Wildman–Crippen LogP) is 3.93. The predicted molar refractivity (Wildman–Crippen MR) is 88.9 cm³/mol. The molecule has 0 aliphatic carbocycles. The van der Waals surface area contributed by atoms with E-state index in [9.17, 15) is 0 Å². The first kappa shape index (κ1) is 15.8. The molecule has 1 aliphatic heterocycles. The third-order valence-corrected chi connectivity index (χ3v) is 4.92. The van der Waals surface area contributed by atoms with Crippen LogP contribution in [0.3, 0.4) is 0 Å². The Morgan fingerprint density at radius 3 is 2.35 bits per heavy atom. The molecule has 3 nitrogen and oxygen atoms in total. The largest absolute Gasteiger partial charge is 0.348 e. The lowest BCUT2D eigenvalue weighted by molar-refractivity contribution is 0.560. The summed E-state index contributed by atoms with van der Waals surface area (Å²) in [7, 11) is 0. The summed E-state index contributed by atoms with van der Waals surface area (Å²) in [6.45, 7) is 13.3. The van der Waals surface area contributed by atoms with Crippen molar-refractivity contribution in [2.45, 2.75) is 65.3 Å². The Bertz CT molecular complexity index is 412. The van der Waals surface area contributed by atoms with E-state index in [-0.39, 0.29) is 5.41 Å². The van der Waals surface area contributed by atoms with Crippen molar-refractivity contribution in [3.8, 4) is 0 Å². The van der Waals surface area contributed by atoms with Crippen molar-refractivity contribution in [1.82, 2.24) is 10.3 Å². The SMILES string of the molecule is CCNCc1sc(N2CCCCCC2)nc1C(C)(C)C. The molecular weight excluding hydrogens is 266 g/mol. The smallest absolute Gasteiger partial charge is 0.185 e. The molecule has 1 saturated heterocycles. The fourth-order valence-corrected chi connectivity index (χ4v) is 3.97. The van der Waals surface area contributed by atoms with Crippen LogP contribution < -0.4 is 10.2 Å². The minimum atomic E-state index is 0.130. The van der Waals surface area contributed by atoms with Crippen molar-refractivity contribution >= 4 is 16.5 Å². The van der Waals surface area contributed by atoms with Crippen LogP contribution >= 0.6 is 11.3 Å². The summed E-state index contributed by atoms with van der Waals surface area (Å²) in [4.78, 5) is 8.92. The van der Waals surface area contributed by atoms with Crippen molar-refractivity contribution in [1.29, 1.82) is 0 Å². The topological polar surface area (TPSA) is 28.2 Å². The van der Waals surface area contributed by atoms with Crippen molar-refractivity contribution in [3.05, 3.63) is 10.6 Å². The van der Waals surface area contributed by atoms with Gasteiger partial charge in [0, 0.05) is 29.9 Å². The van der Waals surface area contributed by atoms with Crippen LogP contribution in [0.2, 0.25) is 0 Å². The Labute approximate surface area is 127 Å². The summed E-state index contributed by atoms with van der Waals surface area (Å²) in [5.41, 5.74) is 1.41. The molecule has 4 heteroatoms. The second kappa shape index (κ2) is 6.90. The molecule has 2 heterocycles. The van der Waals surface area contributed by atoms with Gasteiger partial charge >= 0.3 is 0 Å². The van der Waals surface area contributed by atoms with E-state index in [0.29, 0.717) is 0 Å². The Kier molecular flexibility index (Phi) is 5.44. The third kappa shape index (κ3) is 3.95. The van der Waals surface area contributed by atoms with Crippen molar-refractivity contribution in [3.63, 3.8) is 0 Å². The first-order valence-corrected chi connectivity index (χ1v) is 8.80. The molecule has 0 bridgehead atoms. The Morgan fingerprint density at radius 1 is 1.15 bits per heavy atom. The maximum absolute atomic E-state index is 5.00. The van der Waals surface area contributed by atoms with E-state index in [0.717, 1.165) is 13.1 Å². The molecule has 0 atom stereocenters. The molecule has 1 aromatic rings. The molecule has 0 unspecified atom stereocenters. The fraction of sp³-hybridized carbons (Fsp3) is 0.812. The first-order valence-electron chi connectivity index (χ1n) is 7.98. The Morgan fingerprint density at radius 2 is 1.80 bits per heavy atom. The number of aromatic nitrogens is 1. The summed E-state index contributed by atoms with van der Waals surface area (Å²) in [6.07, 6.45) is 5.37. The molecule has 0 radical (unpaired) electrons. The number of nitrogens with one attached hydrogen (secondary N) is 1. The molecule has 0 saturated carbocycles. The molecule has 1 fully saturated rings. The highest BCUT2D eigenvalue weighted by molar-refractivity contribution is 7.15. The van der Waals surface area contributed by atoms with Crippen molar-refractivity contribution in [2.24, 2.45) is 0 Å². The molecule has 0 aromatic carbocycles. The molecule has 1 aliphatic rings. The zero-order chi connectivity index (χ0) is 14.6. The lowest BCUT2D eigenvalue weighted by Gasteiger charge is -2.20. The van der Waals surface area contributed by atoms with E-state index in [4.69, 9.17) is 4.98 Å². The first-order chi connectivity index (χ1) is 9.52. The zero-order valence-corrected chi connectivity index (χ0v) is 14.3. The van der Waals surface area contributed by atoms with E-state index < -0.39 is 0 Å². The van der Waals surface area contributed by atoms with Crippen LogP contribution in [0.5, 0.6) is 0 Å². The van der Waals surface area contributed by atoms with Gasteiger partial charge in [-0.1, -0.05) is 40.5 Å². The number of hydrogen-bond donors (Lipinski definition) is 1. The maximum Gasteiger partial charge on any atom is 0.185 e. The normalized spacial score (nSPS) is 17.3. The quantitative estimate of drug-likeness (QED) is 0.912. The van der Waals surface area contributed by atoms with Crippen LogP contribution in [0.25, 0.3) is 0 Å². The van der Waals surface area contributed by atoms with Gasteiger partial charge in [0.2, 0.25) is 0 Å². The van der Waals surface area contributed by atoms with Crippen LogP contribution in [0.1, 0.15) is 63.9 Å². The molecule has 20 heavy (non-hydrogen) atoms. The van der Waals surface area contributed by atoms with Crippen LogP contribution in [0.15, 0.2) is 0 Å². The number of anilines is 1. The molecule has 1 aromatic heterocycles. The van der Waals surface area contributed by atoms with Gasteiger partial charge < -0.3 is 10.2 Å². The van der Waals surface area contributed by atoms with E-state index in [1.807, 2.05) is 11.3 Å². The summed E-state index contributed by atoms with van der Waals surface area (Å²) >= 11 is 1.89. The third-order valence-electron chi connectivity index (χ3n) is 3.81. The van der Waals surface area contributed by atoms with E-state index >= 15 is 0 Å². The van der Waals surface area contributed by atoms with Crippen molar-refractivity contribution < 1.29 is 0 Å². The molecule has 114 valence electrons. The molecular formula is C16H29N3S. The van der Waals surface area contributed by atoms with Crippen LogP contribution in [-0.4, -0.2) is 24.6 Å². The standard InChI is InChI=1S/C16H29N3S/c1-5-17-12-13-14(16(2,3)4)18-15(20-13)19-10-8-6-7-9-11-19/h17H,5-12H2,1-4H3. The lowest BCUT2D eigenvalue weighted by Crippen LogP contribution is -2.24. The van der Waals surface area contributed by atoms with Crippen molar-refractivity contribution in [2.75, 3.05) is 24.5 Å². The number of thiazole rings is 1. The average Bonchev–Trinajstić information content (AvgIpc) is 2.64. The van der Waals surface area contributed by atoms with Gasteiger partial charge in [0.1, 0.15) is 0 Å². The highest BCUT2D eigenvalue weighted by Crippen LogP contribution is 2.34. The summed E-state index contributed by atoms with van der Waals surface area (Å²) < 4.78 is 0. The van der Waals surface area contributed by atoms with E-state index in [2.05, 4.69) is 37.9 Å².